The van der Waals surface area contributed by atoms with Crippen molar-refractivity contribution in [2.75, 3.05) is 11.9 Å². The fourth-order valence-corrected chi connectivity index (χ4v) is 3.28. The van der Waals surface area contributed by atoms with E-state index in [-0.39, 0.29) is 5.97 Å². The van der Waals surface area contributed by atoms with E-state index in [4.69, 9.17) is 4.74 Å². The van der Waals surface area contributed by atoms with Crippen LogP contribution in [0.3, 0.4) is 0 Å². The first kappa shape index (κ1) is 19.1. The second-order valence-corrected chi connectivity index (χ2v) is 6.97. The van der Waals surface area contributed by atoms with E-state index in [1.807, 2.05) is 38.1 Å². The van der Waals surface area contributed by atoms with E-state index in [0.717, 1.165) is 29.7 Å². The van der Waals surface area contributed by atoms with Gasteiger partial charge in [0.1, 0.15) is 6.04 Å². The Bertz CT molecular complexity index is 810. The first-order chi connectivity index (χ1) is 13.1. The second-order valence-electron chi connectivity index (χ2n) is 6.97. The molecule has 1 aliphatic heterocycles. The van der Waals surface area contributed by atoms with Crippen molar-refractivity contribution in [1.82, 2.24) is 20.2 Å². The molecule has 0 spiro atoms. The van der Waals surface area contributed by atoms with Gasteiger partial charge in [0, 0.05) is 5.70 Å². The number of hydrogen-bond acceptors (Lipinski definition) is 6. The Morgan fingerprint density at radius 3 is 2.63 bits per heavy atom. The number of aryl methyl sites for hydroxylation is 1. The maximum atomic E-state index is 12.9. The molecule has 0 bridgehead atoms. The molecular formula is C20H27N5O2. The molecule has 1 N–H and O–H groups in total. The minimum absolute atomic E-state index is 0.317. The number of fused-ring (bicyclic) bond motifs is 1. The van der Waals surface area contributed by atoms with Crippen LogP contribution < -0.4 is 5.32 Å². The number of benzene rings is 1. The smallest absolute Gasteiger partial charge is 0.338 e. The summed E-state index contributed by atoms with van der Waals surface area (Å²) in [5.41, 5.74) is 3.37. The number of nitrogens with zero attached hydrogens (tertiary/aromatic N) is 4. The molecule has 7 heteroatoms. The van der Waals surface area contributed by atoms with E-state index in [1.165, 1.54) is 19.3 Å². The van der Waals surface area contributed by atoms with Gasteiger partial charge in [0.05, 0.1) is 12.2 Å². The summed E-state index contributed by atoms with van der Waals surface area (Å²) < 4.78 is 7.21. The van der Waals surface area contributed by atoms with Gasteiger partial charge in [-0.3, -0.25) is 0 Å². The SMILES string of the molecule is CCCCCCCOC(=O)C1=C(C)Nc2nnnn2C1c1ccc(C)cc1. The van der Waals surface area contributed by atoms with Crippen molar-refractivity contribution in [2.24, 2.45) is 0 Å². The maximum absolute atomic E-state index is 12.9. The van der Waals surface area contributed by atoms with E-state index in [1.54, 1.807) is 4.68 Å². The summed E-state index contributed by atoms with van der Waals surface area (Å²) in [6, 6.07) is 7.65. The fourth-order valence-electron chi connectivity index (χ4n) is 3.28. The summed E-state index contributed by atoms with van der Waals surface area (Å²) >= 11 is 0. The van der Waals surface area contributed by atoms with Gasteiger partial charge < -0.3 is 10.1 Å². The standard InChI is InChI=1S/C20H27N5O2/c1-4-5-6-7-8-13-27-19(26)17-15(3)21-20-22-23-24-25(20)18(17)16-11-9-14(2)10-12-16/h9-12,18H,4-8,13H2,1-3H3,(H,21,22,24). The lowest BCUT2D eigenvalue weighted by atomic mass is 9.95. The lowest BCUT2D eigenvalue weighted by Crippen LogP contribution is -2.29. The summed E-state index contributed by atoms with van der Waals surface area (Å²) in [7, 11) is 0. The first-order valence-electron chi connectivity index (χ1n) is 9.61. The lowest BCUT2D eigenvalue weighted by molar-refractivity contribution is -0.139. The fraction of sp³-hybridized carbons (Fsp3) is 0.500. The zero-order valence-electron chi connectivity index (χ0n) is 16.2. The minimum atomic E-state index is -0.399. The van der Waals surface area contributed by atoms with Crippen LogP contribution in [0.1, 0.15) is 63.1 Å². The van der Waals surface area contributed by atoms with Crippen LogP contribution in [0.4, 0.5) is 5.95 Å². The Morgan fingerprint density at radius 2 is 1.89 bits per heavy atom. The van der Waals surface area contributed by atoms with E-state index in [0.29, 0.717) is 18.1 Å². The first-order valence-corrected chi connectivity index (χ1v) is 9.61. The van der Waals surface area contributed by atoms with E-state index in [9.17, 15) is 4.79 Å². The highest BCUT2D eigenvalue weighted by atomic mass is 16.5. The van der Waals surface area contributed by atoms with Gasteiger partial charge in [0.25, 0.3) is 0 Å². The highest BCUT2D eigenvalue weighted by Gasteiger charge is 2.34. The van der Waals surface area contributed by atoms with Gasteiger partial charge in [0.15, 0.2) is 0 Å². The predicted molar refractivity (Wildman–Crippen MR) is 103 cm³/mol. The van der Waals surface area contributed by atoms with Crippen LogP contribution in [0.2, 0.25) is 0 Å². The monoisotopic (exact) mass is 369 g/mol. The van der Waals surface area contributed by atoms with Gasteiger partial charge >= 0.3 is 5.97 Å². The molecule has 0 aliphatic carbocycles. The van der Waals surface area contributed by atoms with Gasteiger partial charge in [-0.05, 0) is 36.3 Å². The third kappa shape index (κ3) is 4.35. The summed E-state index contributed by atoms with van der Waals surface area (Å²) in [5.74, 6) is 0.205. The molecule has 1 aromatic heterocycles. The average molecular weight is 369 g/mol. The van der Waals surface area contributed by atoms with Crippen LogP contribution in [-0.2, 0) is 9.53 Å². The Hall–Kier alpha value is -2.70. The second kappa shape index (κ2) is 8.79. The molecule has 1 aliphatic rings. The molecule has 7 nitrogen and oxygen atoms in total. The summed E-state index contributed by atoms with van der Waals surface area (Å²) in [6.07, 6.45) is 5.56. The summed E-state index contributed by atoms with van der Waals surface area (Å²) in [6.45, 7) is 6.51. The van der Waals surface area contributed by atoms with Gasteiger partial charge in [-0.25, -0.2) is 4.79 Å². The molecule has 1 aromatic carbocycles. The van der Waals surface area contributed by atoms with E-state index >= 15 is 0 Å². The molecule has 0 saturated carbocycles. The van der Waals surface area contributed by atoms with Gasteiger partial charge in [-0.15, -0.1) is 0 Å². The van der Waals surface area contributed by atoms with Crippen molar-refractivity contribution in [2.45, 2.75) is 58.9 Å². The number of carbonyl (C=O) groups is 1. The van der Waals surface area contributed by atoms with Crippen molar-refractivity contribution in [3.8, 4) is 0 Å². The molecule has 27 heavy (non-hydrogen) atoms. The third-order valence-corrected chi connectivity index (χ3v) is 4.81. The van der Waals surface area contributed by atoms with Crippen LogP contribution >= 0.6 is 0 Å². The summed E-state index contributed by atoms with van der Waals surface area (Å²) in [4.78, 5) is 12.9. The predicted octanol–water partition coefficient (Wildman–Crippen LogP) is 3.78. The van der Waals surface area contributed by atoms with Gasteiger partial charge in [0.2, 0.25) is 5.95 Å². The molecular weight excluding hydrogens is 342 g/mol. The average Bonchev–Trinajstić information content (AvgIpc) is 3.12. The Balaban J connectivity index is 1.78. The topological polar surface area (TPSA) is 81.9 Å². The molecule has 0 saturated heterocycles. The Morgan fingerprint density at radius 1 is 1.15 bits per heavy atom. The quantitative estimate of drug-likeness (QED) is 0.563. The number of carbonyl (C=O) groups excluding carboxylic acids is 1. The number of hydrogen-bond donors (Lipinski definition) is 1. The van der Waals surface area contributed by atoms with Crippen molar-refractivity contribution >= 4 is 11.9 Å². The van der Waals surface area contributed by atoms with E-state index in [2.05, 4.69) is 27.8 Å². The van der Waals surface area contributed by atoms with Gasteiger partial charge in [-0.2, -0.15) is 4.68 Å². The van der Waals surface area contributed by atoms with Crippen molar-refractivity contribution < 1.29 is 9.53 Å². The molecule has 1 unspecified atom stereocenters. The number of rotatable bonds is 8. The number of tetrazole rings is 1. The Kier molecular flexibility index (Phi) is 6.21. The highest BCUT2D eigenvalue weighted by Crippen LogP contribution is 2.34. The largest absolute Gasteiger partial charge is 0.462 e. The van der Waals surface area contributed by atoms with Crippen molar-refractivity contribution in [3.05, 3.63) is 46.7 Å². The Labute approximate surface area is 159 Å². The summed E-state index contributed by atoms with van der Waals surface area (Å²) in [5, 5.41) is 14.9. The number of anilines is 1. The van der Waals surface area contributed by atoms with Crippen LogP contribution in [0.25, 0.3) is 0 Å². The maximum Gasteiger partial charge on any atom is 0.338 e. The van der Waals surface area contributed by atoms with E-state index < -0.39 is 6.04 Å². The van der Waals surface area contributed by atoms with Crippen LogP contribution in [-0.4, -0.2) is 32.8 Å². The minimum Gasteiger partial charge on any atom is -0.462 e. The normalized spacial score (nSPS) is 16.0. The molecule has 0 fully saturated rings. The van der Waals surface area contributed by atoms with Crippen LogP contribution in [0.15, 0.2) is 35.5 Å². The molecule has 0 amide bonds. The van der Waals surface area contributed by atoms with Crippen LogP contribution in [0, 0.1) is 6.92 Å². The zero-order chi connectivity index (χ0) is 19.2. The molecule has 2 heterocycles. The van der Waals surface area contributed by atoms with Crippen molar-refractivity contribution in [3.63, 3.8) is 0 Å². The number of ether oxygens (including phenoxy) is 1. The highest BCUT2D eigenvalue weighted by molar-refractivity contribution is 5.92. The third-order valence-electron chi connectivity index (χ3n) is 4.81. The molecule has 3 rings (SSSR count). The number of unbranched alkanes of at least 4 members (excludes halogenated alkanes) is 4. The molecule has 144 valence electrons. The molecule has 2 aromatic rings. The zero-order valence-corrected chi connectivity index (χ0v) is 16.2. The number of esters is 1. The number of nitrogens with one attached hydrogen (secondary N) is 1. The lowest BCUT2D eigenvalue weighted by Gasteiger charge is -2.27. The molecule has 0 radical (unpaired) electrons. The number of allylic oxidation sites excluding steroid dienone is 1. The van der Waals surface area contributed by atoms with Crippen LogP contribution in [0.5, 0.6) is 0 Å². The van der Waals surface area contributed by atoms with Gasteiger partial charge in [-0.1, -0.05) is 67.5 Å². The molecule has 1 atom stereocenters. The van der Waals surface area contributed by atoms with Crippen molar-refractivity contribution in [1.29, 1.82) is 0 Å². The number of aromatic nitrogens is 4.